The number of para-hydroxylation sites is 2. The quantitative estimate of drug-likeness (QED) is 0.594. The molecule has 4 rings (SSSR count). The first-order valence-corrected chi connectivity index (χ1v) is 10.7. The minimum absolute atomic E-state index is 0.0914. The van der Waals surface area contributed by atoms with Crippen LogP contribution < -0.4 is 15.4 Å². The smallest absolute Gasteiger partial charge is 0.289 e. The van der Waals surface area contributed by atoms with Crippen molar-refractivity contribution >= 4 is 29.1 Å². The fourth-order valence-corrected chi connectivity index (χ4v) is 3.79. The normalized spacial score (nSPS) is 13.9. The molecule has 0 aliphatic carbocycles. The molecule has 8 nitrogen and oxygen atoms in total. The van der Waals surface area contributed by atoms with E-state index in [9.17, 15) is 14.4 Å². The average molecular weight is 447 g/mol. The molecule has 2 N–H and O–H groups in total. The minimum Gasteiger partial charge on any atom is -0.495 e. The third-order valence-corrected chi connectivity index (χ3v) is 5.65. The van der Waals surface area contributed by atoms with E-state index in [1.54, 1.807) is 60.5 Å². The number of hydrogen-bond acceptors (Lipinski definition) is 5. The number of carbonyl (C=O) groups excluding carboxylic acids is 3. The van der Waals surface area contributed by atoms with Crippen molar-refractivity contribution in [2.45, 2.75) is 12.8 Å². The molecule has 1 aliphatic heterocycles. The lowest BCUT2D eigenvalue weighted by Gasteiger charge is -2.30. The van der Waals surface area contributed by atoms with Gasteiger partial charge in [0.25, 0.3) is 11.8 Å². The summed E-state index contributed by atoms with van der Waals surface area (Å²) in [5.74, 6) is 0.191. The van der Waals surface area contributed by atoms with Crippen molar-refractivity contribution in [3.8, 4) is 5.75 Å². The van der Waals surface area contributed by atoms with Crippen LogP contribution in [0.15, 0.2) is 71.3 Å². The molecule has 33 heavy (non-hydrogen) atoms. The van der Waals surface area contributed by atoms with E-state index in [1.807, 2.05) is 12.1 Å². The lowest BCUT2D eigenvalue weighted by atomic mass is 9.95. The van der Waals surface area contributed by atoms with E-state index in [1.165, 1.54) is 6.26 Å². The minimum atomic E-state index is -0.272. The first-order valence-electron chi connectivity index (χ1n) is 10.7. The number of ether oxygens (including phenoxy) is 1. The van der Waals surface area contributed by atoms with Gasteiger partial charge in [0, 0.05) is 30.3 Å². The second-order valence-corrected chi connectivity index (χ2v) is 7.76. The van der Waals surface area contributed by atoms with Gasteiger partial charge in [-0.1, -0.05) is 12.1 Å². The molecule has 2 aromatic carbocycles. The SMILES string of the molecule is COc1ccccc1NC(=O)c1ccc(NC(=O)C2CCN(C(=O)c3ccco3)CC2)cc1. The largest absolute Gasteiger partial charge is 0.495 e. The van der Waals surface area contributed by atoms with Gasteiger partial charge in [0.05, 0.1) is 19.1 Å². The first kappa shape index (κ1) is 22.1. The van der Waals surface area contributed by atoms with E-state index < -0.39 is 0 Å². The van der Waals surface area contributed by atoms with Gasteiger partial charge in [-0.3, -0.25) is 14.4 Å². The molecule has 3 aromatic rings. The molecule has 8 heteroatoms. The first-order chi connectivity index (χ1) is 16.0. The van der Waals surface area contributed by atoms with Gasteiger partial charge >= 0.3 is 0 Å². The number of benzene rings is 2. The van der Waals surface area contributed by atoms with Gasteiger partial charge in [-0.15, -0.1) is 0 Å². The molecular formula is C25H25N3O5. The van der Waals surface area contributed by atoms with Gasteiger partial charge in [-0.05, 0) is 61.4 Å². The highest BCUT2D eigenvalue weighted by Crippen LogP contribution is 2.24. The number of nitrogens with zero attached hydrogens (tertiary/aromatic N) is 1. The zero-order chi connectivity index (χ0) is 23.2. The Bertz CT molecular complexity index is 1120. The monoisotopic (exact) mass is 447 g/mol. The number of furan rings is 1. The fraction of sp³-hybridized carbons (Fsp3) is 0.240. The maximum absolute atomic E-state index is 12.7. The topological polar surface area (TPSA) is 101 Å². The molecule has 3 amide bonds. The van der Waals surface area contributed by atoms with Gasteiger partial charge in [0.2, 0.25) is 5.91 Å². The van der Waals surface area contributed by atoms with Crippen LogP contribution in [0.2, 0.25) is 0 Å². The van der Waals surface area contributed by atoms with E-state index in [0.717, 1.165) is 0 Å². The zero-order valence-electron chi connectivity index (χ0n) is 18.2. The highest BCUT2D eigenvalue weighted by molar-refractivity contribution is 6.05. The van der Waals surface area contributed by atoms with Crippen LogP contribution in [0.1, 0.15) is 33.8 Å². The molecule has 1 aromatic heterocycles. The third kappa shape index (κ3) is 5.23. The lowest BCUT2D eigenvalue weighted by molar-refractivity contribution is -0.121. The number of carbonyl (C=O) groups is 3. The number of methoxy groups -OCH3 is 1. The molecule has 170 valence electrons. The van der Waals surface area contributed by atoms with E-state index in [-0.39, 0.29) is 23.6 Å². The molecule has 0 unspecified atom stereocenters. The molecule has 2 heterocycles. The molecule has 1 saturated heterocycles. The second kappa shape index (κ2) is 10.0. The van der Waals surface area contributed by atoms with Crippen LogP contribution in [0, 0.1) is 5.92 Å². The van der Waals surface area contributed by atoms with Crippen molar-refractivity contribution in [2.24, 2.45) is 5.92 Å². The summed E-state index contributed by atoms with van der Waals surface area (Å²) in [6.45, 7) is 0.999. The molecule has 1 aliphatic rings. The Morgan fingerprint density at radius 1 is 0.939 bits per heavy atom. The molecule has 0 saturated carbocycles. The van der Waals surface area contributed by atoms with Gasteiger partial charge < -0.3 is 24.7 Å². The number of likely N-dealkylation sites (tertiary alicyclic amines) is 1. The fourth-order valence-electron chi connectivity index (χ4n) is 3.79. The Hall–Kier alpha value is -4.07. The van der Waals surface area contributed by atoms with E-state index in [2.05, 4.69) is 10.6 Å². The van der Waals surface area contributed by atoms with Crippen molar-refractivity contribution in [1.29, 1.82) is 0 Å². The van der Waals surface area contributed by atoms with Crippen molar-refractivity contribution in [2.75, 3.05) is 30.8 Å². The third-order valence-electron chi connectivity index (χ3n) is 5.65. The van der Waals surface area contributed by atoms with Crippen LogP contribution in [0.5, 0.6) is 5.75 Å². The van der Waals surface area contributed by atoms with Gasteiger partial charge in [0.15, 0.2) is 5.76 Å². The van der Waals surface area contributed by atoms with Crippen LogP contribution >= 0.6 is 0 Å². The summed E-state index contributed by atoms with van der Waals surface area (Å²) in [6, 6.07) is 17.2. The summed E-state index contributed by atoms with van der Waals surface area (Å²) in [5, 5.41) is 5.73. The Morgan fingerprint density at radius 3 is 2.33 bits per heavy atom. The van der Waals surface area contributed by atoms with Crippen molar-refractivity contribution in [3.63, 3.8) is 0 Å². The standard InChI is InChI=1S/C25H25N3O5/c1-32-21-6-3-2-5-20(21)27-24(30)17-8-10-19(11-9-17)26-23(29)18-12-14-28(15-13-18)25(31)22-7-4-16-33-22/h2-11,16,18H,12-15H2,1H3,(H,26,29)(H,27,30). The maximum atomic E-state index is 12.7. The lowest BCUT2D eigenvalue weighted by Crippen LogP contribution is -2.41. The van der Waals surface area contributed by atoms with Crippen LogP contribution in [-0.2, 0) is 4.79 Å². The number of anilines is 2. The molecule has 1 fully saturated rings. The molecule has 0 spiro atoms. The molecular weight excluding hydrogens is 422 g/mol. The van der Waals surface area contributed by atoms with E-state index >= 15 is 0 Å². The van der Waals surface area contributed by atoms with Crippen LogP contribution in [0.4, 0.5) is 11.4 Å². The van der Waals surface area contributed by atoms with Crippen LogP contribution in [-0.4, -0.2) is 42.8 Å². The summed E-state index contributed by atoms with van der Waals surface area (Å²) in [4.78, 5) is 39.3. The summed E-state index contributed by atoms with van der Waals surface area (Å²) in [7, 11) is 1.54. The molecule has 0 bridgehead atoms. The van der Waals surface area contributed by atoms with Gasteiger partial charge in [-0.2, -0.15) is 0 Å². The van der Waals surface area contributed by atoms with E-state index in [4.69, 9.17) is 9.15 Å². The number of rotatable bonds is 6. The second-order valence-electron chi connectivity index (χ2n) is 7.76. The van der Waals surface area contributed by atoms with Gasteiger partial charge in [-0.25, -0.2) is 0 Å². The van der Waals surface area contributed by atoms with Crippen molar-refractivity contribution < 1.29 is 23.5 Å². The van der Waals surface area contributed by atoms with Gasteiger partial charge in [0.1, 0.15) is 5.75 Å². The van der Waals surface area contributed by atoms with Crippen LogP contribution in [0.25, 0.3) is 0 Å². The Kier molecular flexibility index (Phi) is 6.73. The highest BCUT2D eigenvalue weighted by Gasteiger charge is 2.28. The summed E-state index contributed by atoms with van der Waals surface area (Å²) >= 11 is 0. The summed E-state index contributed by atoms with van der Waals surface area (Å²) in [5.41, 5.74) is 1.66. The number of nitrogens with one attached hydrogen (secondary N) is 2. The summed E-state index contributed by atoms with van der Waals surface area (Å²) < 4.78 is 10.4. The Labute approximate surface area is 191 Å². The average Bonchev–Trinajstić information content (AvgIpc) is 3.39. The highest BCUT2D eigenvalue weighted by atomic mass is 16.5. The van der Waals surface area contributed by atoms with Crippen molar-refractivity contribution in [3.05, 3.63) is 78.3 Å². The Morgan fingerprint density at radius 2 is 1.67 bits per heavy atom. The van der Waals surface area contributed by atoms with E-state index in [0.29, 0.717) is 54.4 Å². The van der Waals surface area contributed by atoms with Crippen molar-refractivity contribution in [1.82, 2.24) is 4.90 Å². The van der Waals surface area contributed by atoms with Crippen LogP contribution in [0.3, 0.4) is 0 Å². The number of piperidine rings is 1. The number of hydrogen-bond donors (Lipinski definition) is 2. The number of amides is 3. The predicted octanol–water partition coefficient (Wildman–Crippen LogP) is 4.03. The molecule has 0 atom stereocenters. The summed E-state index contributed by atoms with van der Waals surface area (Å²) in [6.07, 6.45) is 2.64. The predicted molar refractivity (Wildman–Crippen MR) is 123 cm³/mol. The molecule has 0 radical (unpaired) electrons. The maximum Gasteiger partial charge on any atom is 0.289 e. The zero-order valence-corrected chi connectivity index (χ0v) is 18.2. The Balaban J connectivity index is 1.29.